The van der Waals surface area contributed by atoms with Crippen LogP contribution in [0.25, 0.3) is 0 Å². The van der Waals surface area contributed by atoms with E-state index in [0.29, 0.717) is 0 Å². The smallest absolute Gasteiger partial charge is 0.104 e. The highest BCUT2D eigenvalue weighted by Crippen LogP contribution is 2.10. The van der Waals surface area contributed by atoms with Crippen molar-refractivity contribution in [1.29, 1.82) is 5.26 Å². The third-order valence-electron chi connectivity index (χ3n) is 2.57. The SMILES string of the molecule is CC(C#N)CN(C)Cc1ccccc1C#CCO. The van der Waals surface area contributed by atoms with Crippen molar-refractivity contribution in [3.63, 3.8) is 0 Å². The molecule has 94 valence electrons. The van der Waals surface area contributed by atoms with E-state index in [1.165, 1.54) is 0 Å². The summed E-state index contributed by atoms with van der Waals surface area (Å²) in [6, 6.07) is 10.1. The van der Waals surface area contributed by atoms with Crippen LogP contribution in [0.4, 0.5) is 0 Å². The van der Waals surface area contributed by atoms with E-state index in [4.69, 9.17) is 10.4 Å². The van der Waals surface area contributed by atoms with Crippen molar-refractivity contribution in [1.82, 2.24) is 4.90 Å². The summed E-state index contributed by atoms with van der Waals surface area (Å²) in [5.41, 5.74) is 2.05. The zero-order chi connectivity index (χ0) is 13.4. The Kier molecular flexibility index (Phi) is 5.94. The molecule has 18 heavy (non-hydrogen) atoms. The second-order valence-corrected chi connectivity index (χ2v) is 4.34. The summed E-state index contributed by atoms with van der Waals surface area (Å²) < 4.78 is 0. The fraction of sp³-hybridized carbons (Fsp3) is 0.400. The van der Waals surface area contributed by atoms with E-state index in [1.807, 2.05) is 38.2 Å². The molecule has 1 aromatic rings. The maximum absolute atomic E-state index is 8.79. The van der Waals surface area contributed by atoms with E-state index in [1.54, 1.807) is 0 Å². The molecule has 0 spiro atoms. The number of nitrogens with zero attached hydrogens (tertiary/aromatic N) is 2. The van der Waals surface area contributed by atoms with Gasteiger partial charge in [0.1, 0.15) is 6.61 Å². The van der Waals surface area contributed by atoms with Gasteiger partial charge in [0, 0.05) is 18.7 Å². The van der Waals surface area contributed by atoms with Crippen LogP contribution in [0, 0.1) is 29.1 Å². The quantitative estimate of drug-likeness (QED) is 0.816. The number of hydrogen-bond donors (Lipinski definition) is 1. The summed E-state index contributed by atoms with van der Waals surface area (Å²) in [5, 5.41) is 17.5. The van der Waals surface area contributed by atoms with Gasteiger partial charge < -0.3 is 10.0 Å². The molecule has 0 aromatic heterocycles. The Balaban J connectivity index is 2.75. The minimum absolute atomic E-state index is 0.0192. The first-order valence-corrected chi connectivity index (χ1v) is 5.93. The highest BCUT2D eigenvalue weighted by Gasteiger charge is 2.07. The number of aliphatic hydroxyl groups is 1. The van der Waals surface area contributed by atoms with Gasteiger partial charge in [-0.3, -0.25) is 0 Å². The Bertz CT molecular complexity index is 479. The Hall–Kier alpha value is -1.81. The van der Waals surface area contributed by atoms with Crippen molar-refractivity contribution in [2.24, 2.45) is 5.92 Å². The largest absolute Gasteiger partial charge is 0.384 e. The van der Waals surface area contributed by atoms with Crippen molar-refractivity contribution in [3.05, 3.63) is 35.4 Å². The highest BCUT2D eigenvalue weighted by atomic mass is 16.2. The molecule has 0 saturated heterocycles. The molecule has 1 atom stereocenters. The molecule has 1 unspecified atom stereocenters. The molecular weight excluding hydrogens is 224 g/mol. The lowest BCUT2D eigenvalue weighted by Gasteiger charge is -2.18. The van der Waals surface area contributed by atoms with Gasteiger partial charge in [-0.25, -0.2) is 0 Å². The summed E-state index contributed by atoms with van der Waals surface area (Å²) in [7, 11) is 1.99. The average molecular weight is 242 g/mol. The molecule has 0 aliphatic rings. The molecule has 3 nitrogen and oxygen atoms in total. The molecule has 0 radical (unpaired) electrons. The lowest BCUT2D eigenvalue weighted by molar-refractivity contribution is 0.303. The van der Waals surface area contributed by atoms with E-state index in [-0.39, 0.29) is 12.5 Å². The van der Waals surface area contributed by atoms with Crippen molar-refractivity contribution < 1.29 is 5.11 Å². The second kappa shape index (κ2) is 7.50. The van der Waals surface area contributed by atoms with Gasteiger partial charge in [-0.15, -0.1) is 0 Å². The molecule has 3 heteroatoms. The van der Waals surface area contributed by atoms with Crippen molar-refractivity contribution >= 4 is 0 Å². The third kappa shape index (κ3) is 4.59. The van der Waals surface area contributed by atoms with Crippen LogP contribution >= 0.6 is 0 Å². The third-order valence-corrected chi connectivity index (χ3v) is 2.57. The van der Waals surface area contributed by atoms with Crippen LogP contribution in [0.3, 0.4) is 0 Å². The molecule has 0 aliphatic carbocycles. The van der Waals surface area contributed by atoms with Crippen LogP contribution < -0.4 is 0 Å². The maximum Gasteiger partial charge on any atom is 0.104 e. The van der Waals surface area contributed by atoms with E-state index < -0.39 is 0 Å². The average Bonchev–Trinajstić information content (AvgIpc) is 2.37. The predicted octanol–water partition coefficient (Wildman–Crippen LogP) is 1.62. The van der Waals surface area contributed by atoms with Crippen molar-refractivity contribution in [2.75, 3.05) is 20.2 Å². The molecule has 0 aliphatic heterocycles. The molecule has 1 N–H and O–H groups in total. The minimum atomic E-state index is -0.129. The van der Waals surface area contributed by atoms with Gasteiger partial charge in [0.2, 0.25) is 0 Å². The van der Waals surface area contributed by atoms with Gasteiger partial charge in [-0.2, -0.15) is 5.26 Å². The topological polar surface area (TPSA) is 47.3 Å². The fourth-order valence-corrected chi connectivity index (χ4v) is 1.78. The molecule has 0 heterocycles. The normalized spacial score (nSPS) is 11.5. The van der Waals surface area contributed by atoms with E-state index in [2.05, 4.69) is 22.8 Å². The molecular formula is C15H18N2O. The first-order chi connectivity index (χ1) is 8.67. The number of benzene rings is 1. The first-order valence-electron chi connectivity index (χ1n) is 5.93. The maximum atomic E-state index is 8.79. The highest BCUT2D eigenvalue weighted by molar-refractivity contribution is 5.41. The van der Waals surface area contributed by atoms with Crippen LogP contribution in [0.1, 0.15) is 18.1 Å². The molecule has 0 saturated carbocycles. The molecule has 0 amide bonds. The van der Waals surface area contributed by atoms with Crippen molar-refractivity contribution in [2.45, 2.75) is 13.5 Å². The van der Waals surface area contributed by atoms with Gasteiger partial charge in [0.05, 0.1) is 12.0 Å². The predicted molar refractivity (Wildman–Crippen MR) is 71.5 cm³/mol. The zero-order valence-electron chi connectivity index (χ0n) is 10.8. The number of nitriles is 1. The summed E-state index contributed by atoms with van der Waals surface area (Å²) in [6.07, 6.45) is 0. The lowest BCUT2D eigenvalue weighted by atomic mass is 10.1. The Morgan fingerprint density at radius 2 is 2.11 bits per heavy atom. The summed E-state index contributed by atoms with van der Waals surface area (Å²) in [4.78, 5) is 2.10. The van der Waals surface area contributed by atoms with Crippen LogP contribution in [0.15, 0.2) is 24.3 Å². The number of rotatable bonds is 4. The van der Waals surface area contributed by atoms with Crippen LogP contribution in [-0.2, 0) is 6.54 Å². The Morgan fingerprint density at radius 3 is 2.78 bits per heavy atom. The van der Waals surface area contributed by atoms with Crippen LogP contribution in [0.2, 0.25) is 0 Å². The monoisotopic (exact) mass is 242 g/mol. The minimum Gasteiger partial charge on any atom is -0.384 e. The Morgan fingerprint density at radius 1 is 1.39 bits per heavy atom. The van der Waals surface area contributed by atoms with Crippen LogP contribution in [0.5, 0.6) is 0 Å². The summed E-state index contributed by atoms with van der Waals surface area (Å²) in [5.74, 6) is 5.63. The van der Waals surface area contributed by atoms with Gasteiger partial charge in [-0.05, 0) is 25.6 Å². The number of aliphatic hydroxyl groups excluding tert-OH is 1. The molecule has 1 aromatic carbocycles. The van der Waals surface area contributed by atoms with Gasteiger partial charge in [-0.1, -0.05) is 30.0 Å². The van der Waals surface area contributed by atoms with Gasteiger partial charge in [0.15, 0.2) is 0 Å². The van der Waals surface area contributed by atoms with E-state index in [0.717, 1.165) is 24.2 Å². The van der Waals surface area contributed by atoms with E-state index in [9.17, 15) is 0 Å². The summed E-state index contributed by atoms with van der Waals surface area (Å²) in [6.45, 7) is 3.27. The molecule has 0 fully saturated rings. The fourth-order valence-electron chi connectivity index (χ4n) is 1.78. The van der Waals surface area contributed by atoms with Crippen LogP contribution in [-0.4, -0.2) is 30.2 Å². The van der Waals surface area contributed by atoms with Gasteiger partial charge >= 0.3 is 0 Å². The standard InChI is InChI=1S/C15H18N2O/c1-13(10-16)11-17(2)12-15-7-4-3-6-14(15)8-5-9-18/h3-4,6-7,13,18H,9,11-12H2,1-2H3. The molecule has 1 rings (SSSR count). The first kappa shape index (κ1) is 14.3. The number of hydrogen-bond acceptors (Lipinski definition) is 3. The zero-order valence-corrected chi connectivity index (χ0v) is 10.8. The summed E-state index contributed by atoms with van der Waals surface area (Å²) >= 11 is 0. The van der Waals surface area contributed by atoms with E-state index >= 15 is 0 Å². The molecule has 0 bridgehead atoms. The lowest BCUT2D eigenvalue weighted by Crippen LogP contribution is -2.23. The second-order valence-electron chi connectivity index (χ2n) is 4.34. The van der Waals surface area contributed by atoms with Gasteiger partial charge in [0.25, 0.3) is 0 Å². The Labute approximate surface area is 109 Å². The van der Waals surface area contributed by atoms with Crippen molar-refractivity contribution in [3.8, 4) is 17.9 Å².